The summed E-state index contributed by atoms with van der Waals surface area (Å²) in [4.78, 5) is 2.61. The molecule has 0 radical (unpaired) electrons. The van der Waals surface area contributed by atoms with Crippen molar-refractivity contribution in [2.24, 2.45) is 0 Å². The van der Waals surface area contributed by atoms with Crippen molar-refractivity contribution in [3.63, 3.8) is 0 Å². The Morgan fingerprint density at radius 2 is 1.35 bits per heavy atom. The smallest absolute Gasteiger partial charge is 0.0654 e. The maximum Gasteiger partial charge on any atom is 0.0654 e. The summed E-state index contributed by atoms with van der Waals surface area (Å²) in [7, 11) is 0. The molecular formula is C21H27NO. The molecule has 0 saturated heterocycles. The predicted molar refractivity (Wildman–Crippen MR) is 95.2 cm³/mol. The fraction of sp³-hybridized carbons (Fsp3) is 0.429. The molecule has 122 valence electrons. The number of rotatable bonds is 8. The minimum atomic E-state index is 0.218. The molecule has 2 aromatic rings. The lowest BCUT2D eigenvalue weighted by molar-refractivity contribution is 0.00770. The normalized spacial score (nSPS) is 16.0. The van der Waals surface area contributed by atoms with E-state index in [9.17, 15) is 0 Å². The number of nitrogens with zero attached hydrogens (tertiary/aromatic N) is 1. The summed E-state index contributed by atoms with van der Waals surface area (Å²) in [6, 6.07) is 21.5. The van der Waals surface area contributed by atoms with Gasteiger partial charge in [-0.3, -0.25) is 4.90 Å². The molecule has 0 aliphatic heterocycles. The third kappa shape index (κ3) is 4.43. The summed E-state index contributed by atoms with van der Waals surface area (Å²) >= 11 is 0. The fourth-order valence-corrected chi connectivity index (χ4v) is 3.02. The number of hydrogen-bond acceptors (Lipinski definition) is 2. The van der Waals surface area contributed by atoms with Gasteiger partial charge in [-0.25, -0.2) is 0 Å². The molecule has 0 N–H and O–H groups in total. The maximum absolute atomic E-state index is 5.98. The lowest BCUT2D eigenvalue weighted by atomic mass is 10.1. The summed E-state index contributed by atoms with van der Waals surface area (Å²) in [5.74, 6) is 0. The molecule has 23 heavy (non-hydrogen) atoms. The molecule has 0 atom stereocenters. The molecule has 0 aromatic heterocycles. The van der Waals surface area contributed by atoms with Crippen molar-refractivity contribution in [1.82, 2.24) is 4.90 Å². The first-order valence-corrected chi connectivity index (χ1v) is 8.62. The second-order valence-electron chi connectivity index (χ2n) is 6.91. The van der Waals surface area contributed by atoms with Gasteiger partial charge in [0.15, 0.2) is 0 Å². The monoisotopic (exact) mass is 309 g/mol. The Labute approximate surface area is 140 Å². The van der Waals surface area contributed by atoms with Crippen LogP contribution >= 0.6 is 0 Å². The Morgan fingerprint density at radius 3 is 1.74 bits per heavy atom. The van der Waals surface area contributed by atoms with Gasteiger partial charge in [0.05, 0.1) is 12.7 Å². The van der Waals surface area contributed by atoms with E-state index in [0.29, 0.717) is 6.10 Å². The van der Waals surface area contributed by atoms with Crippen molar-refractivity contribution in [3.05, 3.63) is 71.8 Å². The topological polar surface area (TPSA) is 12.5 Å². The molecule has 0 unspecified atom stereocenters. The van der Waals surface area contributed by atoms with Gasteiger partial charge in [0.2, 0.25) is 0 Å². The van der Waals surface area contributed by atoms with Crippen molar-refractivity contribution >= 4 is 0 Å². The van der Waals surface area contributed by atoms with E-state index in [4.69, 9.17) is 4.74 Å². The third-order valence-corrected chi connectivity index (χ3v) is 4.62. The highest BCUT2D eigenvalue weighted by molar-refractivity contribution is 5.19. The molecular weight excluding hydrogens is 282 g/mol. The first kappa shape index (κ1) is 16.2. The molecule has 2 heteroatoms. The predicted octanol–water partition coefficient (Wildman–Crippen LogP) is 4.65. The van der Waals surface area contributed by atoms with E-state index in [1.165, 1.54) is 24.0 Å². The van der Waals surface area contributed by atoms with Crippen LogP contribution in [-0.2, 0) is 17.8 Å². The summed E-state index contributed by atoms with van der Waals surface area (Å²) < 4.78 is 5.98. The van der Waals surface area contributed by atoms with E-state index in [2.05, 4.69) is 79.4 Å². The molecule has 0 spiro atoms. The quantitative estimate of drug-likeness (QED) is 0.704. The lowest BCUT2D eigenvalue weighted by Gasteiger charge is -2.32. The van der Waals surface area contributed by atoms with Crippen LogP contribution in [0.2, 0.25) is 0 Å². The van der Waals surface area contributed by atoms with Crippen LogP contribution in [0, 0.1) is 0 Å². The minimum Gasteiger partial charge on any atom is -0.377 e. The van der Waals surface area contributed by atoms with Gasteiger partial charge in [0.1, 0.15) is 0 Å². The van der Waals surface area contributed by atoms with Gasteiger partial charge in [-0.1, -0.05) is 60.7 Å². The highest BCUT2D eigenvalue weighted by atomic mass is 16.5. The van der Waals surface area contributed by atoms with Gasteiger partial charge >= 0.3 is 0 Å². The van der Waals surface area contributed by atoms with Crippen LogP contribution in [0.1, 0.15) is 37.8 Å². The van der Waals surface area contributed by atoms with Gasteiger partial charge in [0, 0.05) is 18.6 Å². The van der Waals surface area contributed by atoms with Crippen molar-refractivity contribution < 1.29 is 4.74 Å². The summed E-state index contributed by atoms with van der Waals surface area (Å²) in [5.41, 5.74) is 2.97. The van der Waals surface area contributed by atoms with E-state index in [0.717, 1.165) is 19.7 Å². The van der Waals surface area contributed by atoms with E-state index < -0.39 is 0 Å². The van der Waals surface area contributed by atoms with Gasteiger partial charge in [-0.2, -0.15) is 0 Å². The molecule has 1 fully saturated rings. The summed E-state index contributed by atoms with van der Waals surface area (Å²) in [6.07, 6.45) is 2.77. The average molecular weight is 309 g/mol. The minimum absolute atomic E-state index is 0.218. The summed E-state index contributed by atoms with van der Waals surface area (Å²) in [5, 5.41) is 0. The molecule has 1 aliphatic rings. The Bertz CT molecular complexity index is 548. The van der Waals surface area contributed by atoms with E-state index >= 15 is 0 Å². The zero-order valence-electron chi connectivity index (χ0n) is 14.2. The van der Waals surface area contributed by atoms with Crippen molar-refractivity contribution in [1.29, 1.82) is 0 Å². The van der Waals surface area contributed by atoms with Crippen molar-refractivity contribution in [2.45, 2.75) is 51.4 Å². The molecule has 3 rings (SSSR count). The zero-order chi connectivity index (χ0) is 16.1. The molecule has 1 aliphatic carbocycles. The SMILES string of the molecule is CC(C)OCC1(N(Cc2ccccc2)Cc2ccccc2)CC1. The van der Waals surface area contributed by atoms with Crippen LogP contribution in [0.15, 0.2) is 60.7 Å². The van der Waals surface area contributed by atoms with Gasteiger partial charge in [-0.05, 0) is 37.8 Å². The van der Waals surface area contributed by atoms with Crippen LogP contribution in [0.4, 0.5) is 0 Å². The molecule has 2 nitrogen and oxygen atoms in total. The maximum atomic E-state index is 5.98. The van der Waals surface area contributed by atoms with Crippen LogP contribution in [0.25, 0.3) is 0 Å². The lowest BCUT2D eigenvalue weighted by Crippen LogP contribution is -2.40. The van der Waals surface area contributed by atoms with Crippen LogP contribution in [0.3, 0.4) is 0 Å². The van der Waals surface area contributed by atoms with Crippen LogP contribution in [-0.4, -0.2) is 23.1 Å². The van der Waals surface area contributed by atoms with Gasteiger partial charge in [0.25, 0.3) is 0 Å². The highest BCUT2D eigenvalue weighted by Gasteiger charge is 2.48. The largest absolute Gasteiger partial charge is 0.377 e. The van der Waals surface area contributed by atoms with E-state index in [1.54, 1.807) is 0 Å². The molecule has 0 heterocycles. The fourth-order valence-electron chi connectivity index (χ4n) is 3.02. The molecule has 0 amide bonds. The number of benzene rings is 2. The van der Waals surface area contributed by atoms with Gasteiger partial charge < -0.3 is 4.74 Å². The van der Waals surface area contributed by atoms with E-state index in [-0.39, 0.29) is 5.54 Å². The Balaban J connectivity index is 1.76. The second kappa shape index (κ2) is 7.29. The summed E-state index contributed by atoms with van der Waals surface area (Å²) in [6.45, 7) is 7.04. The first-order chi connectivity index (χ1) is 11.2. The van der Waals surface area contributed by atoms with Crippen LogP contribution < -0.4 is 0 Å². The molecule has 1 saturated carbocycles. The van der Waals surface area contributed by atoms with E-state index in [1.807, 2.05) is 0 Å². The number of ether oxygens (including phenoxy) is 1. The zero-order valence-corrected chi connectivity index (χ0v) is 14.2. The van der Waals surface area contributed by atoms with Crippen molar-refractivity contribution in [3.8, 4) is 0 Å². The highest BCUT2D eigenvalue weighted by Crippen LogP contribution is 2.43. The molecule has 0 bridgehead atoms. The second-order valence-corrected chi connectivity index (χ2v) is 6.91. The van der Waals surface area contributed by atoms with Gasteiger partial charge in [-0.15, -0.1) is 0 Å². The standard InChI is InChI=1S/C21H27NO/c1-18(2)23-17-21(13-14-21)22(15-19-9-5-3-6-10-19)16-20-11-7-4-8-12-20/h3-12,18H,13-17H2,1-2H3. The Morgan fingerprint density at radius 1 is 0.870 bits per heavy atom. The third-order valence-electron chi connectivity index (χ3n) is 4.62. The Kier molecular flexibility index (Phi) is 5.14. The van der Waals surface area contributed by atoms with Crippen LogP contribution in [0.5, 0.6) is 0 Å². The molecule has 2 aromatic carbocycles. The first-order valence-electron chi connectivity index (χ1n) is 8.62. The van der Waals surface area contributed by atoms with Crippen molar-refractivity contribution in [2.75, 3.05) is 6.61 Å². The number of hydrogen-bond donors (Lipinski definition) is 0. The average Bonchev–Trinajstić information content (AvgIpc) is 3.36. The Hall–Kier alpha value is -1.64.